The van der Waals surface area contributed by atoms with Crippen molar-refractivity contribution in [1.29, 1.82) is 0 Å². The van der Waals surface area contributed by atoms with Gasteiger partial charge in [0.15, 0.2) is 0 Å². The minimum atomic E-state index is 0.0166. The van der Waals surface area contributed by atoms with E-state index in [1.54, 1.807) is 0 Å². The molecule has 0 heterocycles. The Morgan fingerprint density at radius 2 is 1.53 bits per heavy atom. The van der Waals surface area contributed by atoms with E-state index in [0.29, 0.717) is 6.61 Å². The van der Waals surface area contributed by atoms with E-state index in [-0.39, 0.29) is 11.9 Å². The Kier molecular flexibility index (Phi) is 11.6. The zero-order valence-corrected chi connectivity index (χ0v) is 12.0. The molecular formula is C15H30O2. The normalized spacial score (nSPS) is 12.4. The average Bonchev–Trinajstić information content (AvgIpc) is 2.32. The molecule has 0 saturated carbocycles. The highest BCUT2D eigenvalue weighted by atomic mass is 16.5. The Morgan fingerprint density at radius 3 is 2.12 bits per heavy atom. The number of esters is 1. The van der Waals surface area contributed by atoms with E-state index in [1.165, 1.54) is 38.5 Å². The molecule has 2 nitrogen and oxygen atoms in total. The van der Waals surface area contributed by atoms with Gasteiger partial charge in [0.1, 0.15) is 0 Å². The van der Waals surface area contributed by atoms with Crippen LogP contribution < -0.4 is 0 Å². The van der Waals surface area contributed by atoms with Gasteiger partial charge in [0, 0.05) is 0 Å². The third-order valence-corrected chi connectivity index (χ3v) is 3.16. The summed E-state index contributed by atoms with van der Waals surface area (Å²) < 4.78 is 5.11. The van der Waals surface area contributed by atoms with Crippen LogP contribution in [0.15, 0.2) is 0 Å². The molecule has 0 fully saturated rings. The van der Waals surface area contributed by atoms with Crippen molar-refractivity contribution in [3.8, 4) is 0 Å². The first-order chi connectivity index (χ1) is 8.26. The molecule has 0 rings (SSSR count). The first kappa shape index (κ1) is 16.5. The van der Waals surface area contributed by atoms with Crippen LogP contribution in [0.1, 0.15) is 78.6 Å². The molecule has 1 atom stereocenters. The maximum atomic E-state index is 11.7. The van der Waals surface area contributed by atoms with Gasteiger partial charge in [-0.1, -0.05) is 58.8 Å². The molecule has 0 saturated heterocycles. The minimum absolute atomic E-state index is 0.0166. The minimum Gasteiger partial charge on any atom is -0.466 e. The predicted molar refractivity (Wildman–Crippen MR) is 73.0 cm³/mol. The molecule has 0 N–H and O–H groups in total. The molecular weight excluding hydrogens is 212 g/mol. The van der Waals surface area contributed by atoms with Gasteiger partial charge in [-0.2, -0.15) is 0 Å². The monoisotopic (exact) mass is 242 g/mol. The predicted octanol–water partition coefficient (Wildman–Crippen LogP) is 4.72. The van der Waals surface area contributed by atoms with Crippen LogP contribution in [0.25, 0.3) is 0 Å². The molecule has 0 radical (unpaired) electrons. The summed E-state index contributed by atoms with van der Waals surface area (Å²) in [5.74, 6) is 0.161. The molecule has 0 aromatic rings. The van der Waals surface area contributed by atoms with Crippen LogP contribution in [0, 0.1) is 5.92 Å². The van der Waals surface area contributed by atoms with Crippen LogP contribution in [0.5, 0.6) is 0 Å². The van der Waals surface area contributed by atoms with E-state index in [0.717, 1.165) is 19.3 Å². The smallest absolute Gasteiger partial charge is 0.308 e. The second-order valence-electron chi connectivity index (χ2n) is 4.79. The summed E-state index contributed by atoms with van der Waals surface area (Å²) in [6.07, 6.45) is 10.8. The van der Waals surface area contributed by atoms with E-state index < -0.39 is 0 Å². The summed E-state index contributed by atoms with van der Waals surface area (Å²) in [5.41, 5.74) is 0. The van der Waals surface area contributed by atoms with E-state index >= 15 is 0 Å². The van der Waals surface area contributed by atoms with Crippen molar-refractivity contribution in [2.45, 2.75) is 78.6 Å². The van der Waals surface area contributed by atoms with Gasteiger partial charge in [-0.3, -0.25) is 4.79 Å². The van der Waals surface area contributed by atoms with Gasteiger partial charge in [-0.15, -0.1) is 0 Å². The van der Waals surface area contributed by atoms with E-state index in [2.05, 4.69) is 13.8 Å². The lowest BCUT2D eigenvalue weighted by atomic mass is 9.96. The third-order valence-electron chi connectivity index (χ3n) is 3.16. The van der Waals surface area contributed by atoms with Gasteiger partial charge in [0.25, 0.3) is 0 Å². The van der Waals surface area contributed by atoms with Crippen LogP contribution >= 0.6 is 0 Å². The molecule has 2 heteroatoms. The second kappa shape index (κ2) is 11.9. The number of ether oxygens (including phenoxy) is 1. The Balaban J connectivity index is 3.65. The molecule has 0 bridgehead atoms. The summed E-state index contributed by atoms with van der Waals surface area (Å²) in [6.45, 7) is 6.76. The number of rotatable bonds is 11. The SMILES string of the molecule is CCCCCCCCC(CCC)C(=O)OCC. The fourth-order valence-corrected chi connectivity index (χ4v) is 2.16. The number of carbonyl (C=O) groups excluding carboxylic acids is 1. The van der Waals surface area contributed by atoms with Gasteiger partial charge < -0.3 is 4.74 Å². The Bertz CT molecular complexity index is 178. The summed E-state index contributed by atoms with van der Waals surface area (Å²) in [4.78, 5) is 11.7. The Hall–Kier alpha value is -0.530. The van der Waals surface area contributed by atoms with Crippen LogP contribution in [-0.4, -0.2) is 12.6 Å². The summed E-state index contributed by atoms with van der Waals surface area (Å²) in [5, 5.41) is 0. The van der Waals surface area contributed by atoms with E-state index in [9.17, 15) is 4.79 Å². The molecule has 17 heavy (non-hydrogen) atoms. The summed E-state index contributed by atoms with van der Waals surface area (Å²) >= 11 is 0. The molecule has 0 aliphatic carbocycles. The maximum absolute atomic E-state index is 11.7. The largest absolute Gasteiger partial charge is 0.466 e. The molecule has 0 aliphatic heterocycles. The quantitative estimate of drug-likeness (QED) is 0.387. The molecule has 0 aromatic heterocycles. The van der Waals surface area contributed by atoms with Crippen molar-refractivity contribution in [2.24, 2.45) is 5.92 Å². The highest BCUT2D eigenvalue weighted by Gasteiger charge is 2.17. The zero-order valence-electron chi connectivity index (χ0n) is 12.0. The average molecular weight is 242 g/mol. The molecule has 0 aromatic carbocycles. The standard InChI is InChI=1S/C15H30O2/c1-4-7-8-9-10-11-13-14(12-5-2)15(16)17-6-3/h14H,4-13H2,1-3H3. The molecule has 102 valence electrons. The van der Waals surface area contributed by atoms with Crippen molar-refractivity contribution in [1.82, 2.24) is 0 Å². The van der Waals surface area contributed by atoms with Crippen LogP contribution in [0.4, 0.5) is 0 Å². The molecule has 0 spiro atoms. The van der Waals surface area contributed by atoms with Crippen molar-refractivity contribution in [3.05, 3.63) is 0 Å². The number of unbranched alkanes of at least 4 members (excludes halogenated alkanes) is 5. The molecule has 0 aliphatic rings. The first-order valence-electron chi connectivity index (χ1n) is 7.42. The van der Waals surface area contributed by atoms with E-state index in [4.69, 9.17) is 4.74 Å². The van der Waals surface area contributed by atoms with Crippen molar-refractivity contribution in [3.63, 3.8) is 0 Å². The van der Waals surface area contributed by atoms with Crippen LogP contribution in [0.3, 0.4) is 0 Å². The topological polar surface area (TPSA) is 26.3 Å². The van der Waals surface area contributed by atoms with Crippen molar-refractivity contribution >= 4 is 5.97 Å². The maximum Gasteiger partial charge on any atom is 0.308 e. The number of hydrogen-bond acceptors (Lipinski definition) is 2. The Labute approximate surface area is 107 Å². The second-order valence-corrected chi connectivity index (χ2v) is 4.79. The van der Waals surface area contributed by atoms with Gasteiger partial charge in [0.05, 0.1) is 12.5 Å². The lowest BCUT2D eigenvalue weighted by Crippen LogP contribution is -2.17. The van der Waals surface area contributed by atoms with E-state index in [1.807, 2.05) is 6.92 Å². The van der Waals surface area contributed by atoms with Gasteiger partial charge in [-0.05, 0) is 19.8 Å². The number of carbonyl (C=O) groups is 1. The zero-order chi connectivity index (χ0) is 12.9. The van der Waals surface area contributed by atoms with Gasteiger partial charge in [-0.25, -0.2) is 0 Å². The highest BCUT2D eigenvalue weighted by molar-refractivity contribution is 5.72. The lowest BCUT2D eigenvalue weighted by molar-refractivity contribution is -0.148. The van der Waals surface area contributed by atoms with Crippen LogP contribution in [0.2, 0.25) is 0 Å². The Morgan fingerprint density at radius 1 is 0.882 bits per heavy atom. The first-order valence-corrected chi connectivity index (χ1v) is 7.42. The molecule has 0 amide bonds. The van der Waals surface area contributed by atoms with Crippen LogP contribution in [-0.2, 0) is 9.53 Å². The third kappa shape index (κ3) is 9.20. The molecule has 1 unspecified atom stereocenters. The fourth-order valence-electron chi connectivity index (χ4n) is 2.16. The van der Waals surface area contributed by atoms with Crippen molar-refractivity contribution in [2.75, 3.05) is 6.61 Å². The summed E-state index contributed by atoms with van der Waals surface area (Å²) in [7, 11) is 0. The van der Waals surface area contributed by atoms with Gasteiger partial charge >= 0.3 is 5.97 Å². The fraction of sp³-hybridized carbons (Fsp3) is 0.933. The number of hydrogen-bond donors (Lipinski definition) is 0. The van der Waals surface area contributed by atoms with Gasteiger partial charge in [0.2, 0.25) is 0 Å². The summed E-state index contributed by atoms with van der Waals surface area (Å²) in [6, 6.07) is 0. The lowest BCUT2D eigenvalue weighted by Gasteiger charge is -2.14. The highest BCUT2D eigenvalue weighted by Crippen LogP contribution is 2.18. The van der Waals surface area contributed by atoms with Crippen molar-refractivity contribution < 1.29 is 9.53 Å².